The number of rotatable bonds is 17. The maximum absolute atomic E-state index is 12.6. The maximum atomic E-state index is 12.6. The fourth-order valence-electron chi connectivity index (χ4n) is 3.21. The lowest BCUT2D eigenvalue weighted by atomic mass is 10.0. The second-order valence-electron chi connectivity index (χ2n) is 9.97. The van der Waals surface area contributed by atoms with Crippen LogP contribution < -0.4 is 32.3 Å². The van der Waals surface area contributed by atoms with Gasteiger partial charge >= 0.3 is 5.97 Å². The lowest BCUT2D eigenvalue weighted by Crippen LogP contribution is -2.56. The van der Waals surface area contributed by atoms with E-state index in [9.17, 15) is 33.9 Å². The monoisotopic (exact) mass is 560 g/mol. The highest BCUT2D eigenvalue weighted by Crippen LogP contribution is 2.07. The van der Waals surface area contributed by atoms with Gasteiger partial charge in [-0.2, -0.15) is 11.8 Å². The predicted octanol–water partition coefficient (Wildman–Crippen LogP) is -1.19. The number of nitrogens with two attached hydrogens (primary N) is 1. The molecule has 0 unspecified atom stereocenters. The Morgan fingerprint density at radius 1 is 0.684 bits per heavy atom. The van der Waals surface area contributed by atoms with Crippen LogP contribution >= 0.6 is 11.8 Å². The molecule has 0 spiro atoms. The predicted molar refractivity (Wildman–Crippen MR) is 145 cm³/mol. The third-order valence-corrected chi connectivity index (χ3v) is 6.23. The van der Waals surface area contributed by atoms with Crippen molar-refractivity contribution in [1.82, 2.24) is 26.6 Å². The number of amides is 5. The number of nitrogens with one attached hydrogen (secondary N) is 5. The second-order valence-corrected chi connectivity index (χ2v) is 11.0. The smallest absolute Gasteiger partial charge is 0.326 e. The van der Waals surface area contributed by atoms with Crippen molar-refractivity contribution < 1.29 is 33.9 Å². The summed E-state index contributed by atoms with van der Waals surface area (Å²) in [6, 6.07) is -3.79. The highest BCUT2D eigenvalue weighted by atomic mass is 32.2. The molecule has 5 amide bonds. The summed E-state index contributed by atoms with van der Waals surface area (Å²) in [4.78, 5) is 73.3. The van der Waals surface area contributed by atoms with Crippen LogP contribution in [0.3, 0.4) is 0 Å². The van der Waals surface area contributed by atoms with E-state index in [1.165, 1.54) is 0 Å². The molecular weight excluding hydrogens is 516 g/mol. The van der Waals surface area contributed by atoms with Crippen molar-refractivity contribution in [1.29, 1.82) is 0 Å². The zero-order chi connectivity index (χ0) is 29.6. The summed E-state index contributed by atoms with van der Waals surface area (Å²) in [7, 11) is 0. The van der Waals surface area contributed by atoms with Crippen molar-refractivity contribution in [2.24, 2.45) is 23.5 Å². The van der Waals surface area contributed by atoms with Crippen LogP contribution in [0.5, 0.6) is 0 Å². The average Bonchev–Trinajstić information content (AvgIpc) is 2.83. The van der Waals surface area contributed by atoms with Gasteiger partial charge in [0.1, 0.15) is 18.1 Å². The Morgan fingerprint density at radius 2 is 1.16 bits per heavy atom. The van der Waals surface area contributed by atoms with E-state index in [0.29, 0.717) is 12.2 Å². The highest BCUT2D eigenvalue weighted by molar-refractivity contribution is 7.98. The number of carboxylic acid groups (broad SMARTS) is 1. The second kappa shape index (κ2) is 17.6. The highest BCUT2D eigenvalue weighted by Gasteiger charge is 2.30. The largest absolute Gasteiger partial charge is 0.480 e. The summed E-state index contributed by atoms with van der Waals surface area (Å²) >= 11 is 1.55. The molecule has 14 heteroatoms. The molecule has 0 aliphatic heterocycles. The first kappa shape index (κ1) is 35.1. The molecule has 8 N–H and O–H groups in total. The van der Waals surface area contributed by atoms with Crippen molar-refractivity contribution >= 4 is 47.3 Å². The summed E-state index contributed by atoms with van der Waals surface area (Å²) in [5, 5.41) is 21.6. The zero-order valence-electron chi connectivity index (χ0n) is 23.3. The summed E-state index contributed by atoms with van der Waals surface area (Å²) in [6.07, 6.45) is 2.36. The molecule has 0 saturated heterocycles. The van der Waals surface area contributed by atoms with Gasteiger partial charge in [0.05, 0.1) is 19.1 Å². The molecule has 0 aromatic heterocycles. The molecule has 4 atom stereocenters. The summed E-state index contributed by atoms with van der Waals surface area (Å²) in [6.45, 7) is 9.24. The number of aliphatic carboxylic acids is 1. The van der Waals surface area contributed by atoms with Gasteiger partial charge in [-0.05, 0) is 36.2 Å². The van der Waals surface area contributed by atoms with Gasteiger partial charge < -0.3 is 37.4 Å². The van der Waals surface area contributed by atoms with E-state index in [4.69, 9.17) is 5.73 Å². The number of carboxylic acids is 1. The van der Waals surface area contributed by atoms with E-state index in [-0.39, 0.29) is 17.8 Å². The van der Waals surface area contributed by atoms with E-state index >= 15 is 0 Å². The van der Waals surface area contributed by atoms with E-state index < -0.39 is 72.8 Å². The normalized spacial score (nSPS) is 14.3. The standard InChI is InChI=1S/C24H44N6O7S/c1-12(2)18(29-21(33)15(25)8-9-38-7)22(34)27-10-16(31)26-11-17(32)28-19(13(3)4)23(35)30-20(14(5)6)24(36)37/h12-15,18-20H,8-11,25H2,1-7H3,(H,26,31)(H,27,34)(H,28,32)(H,29,33)(H,30,35)(H,36,37)/t15-,18-,19-,20-/m0/s1. The quantitative estimate of drug-likeness (QED) is 0.114. The lowest BCUT2D eigenvalue weighted by Gasteiger charge is -2.25. The Hall–Kier alpha value is -2.87. The first-order valence-electron chi connectivity index (χ1n) is 12.5. The fourth-order valence-corrected chi connectivity index (χ4v) is 3.70. The van der Waals surface area contributed by atoms with Gasteiger partial charge in [-0.1, -0.05) is 41.5 Å². The van der Waals surface area contributed by atoms with E-state index in [2.05, 4.69) is 26.6 Å². The van der Waals surface area contributed by atoms with Crippen LogP contribution in [0.25, 0.3) is 0 Å². The average molecular weight is 561 g/mol. The molecule has 0 rings (SSSR count). The van der Waals surface area contributed by atoms with Crippen LogP contribution in [0, 0.1) is 17.8 Å². The van der Waals surface area contributed by atoms with Gasteiger partial charge in [-0.3, -0.25) is 24.0 Å². The Balaban J connectivity index is 4.83. The molecule has 0 fully saturated rings. The molecule has 0 heterocycles. The molecule has 218 valence electrons. The summed E-state index contributed by atoms with van der Waals surface area (Å²) < 4.78 is 0. The summed E-state index contributed by atoms with van der Waals surface area (Å²) in [5.41, 5.74) is 5.85. The fraction of sp³-hybridized carbons (Fsp3) is 0.750. The Bertz CT molecular complexity index is 837. The molecule has 0 aliphatic rings. The van der Waals surface area contributed by atoms with E-state index in [1.807, 2.05) is 6.26 Å². The Kier molecular flexibility index (Phi) is 16.3. The minimum absolute atomic E-state index is 0.268. The minimum atomic E-state index is -1.19. The third-order valence-electron chi connectivity index (χ3n) is 5.58. The lowest BCUT2D eigenvalue weighted by molar-refractivity contribution is -0.143. The van der Waals surface area contributed by atoms with Crippen LogP contribution in [0.15, 0.2) is 0 Å². The Morgan fingerprint density at radius 3 is 1.63 bits per heavy atom. The van der Waals surface area contributed by atoms with E-state index in [1.54, 1.807) is 53.3 Å². The van der Waals surface area contributed by atoms with Crippen LogP contribution in [0.1, 0.15) is 48.0 Å². The van der Waals surface area contributed by atoms with Gasteiger partial charge in [0.2, 0.25) is 29.5 Å². The molecule has 0 aromatic rings. The van der Waals surface area contributed by atoms with Crippen molar-refractivity contribution in [2.75, 3.05) is 25.1 Å². The maximum Gasteiger partial charge on any atom is 0.326 e. The summed E-state index contributed by atoms with van der Waals surface area (Å²) in [5.74, 6) is -4.47. The molecule has 0 bridgehead atoms. The van der Waals surface area contributed by atoms with Gasteiger partial charge in [0.15, 0.2) is 0 Å². The van der Waals surface area contributed by atoms with Crippen LogP contribution in [-0.2, 0) is 28.8 Å². The molecule has 0 aromatic carbocycles. The van der Waals surface area contributed by atoms with Crippen molar-refractivity contribution in [3.63, 3.8) is 0 Å². The Labute approximate surface area is 228 Å². The number of carbonyl (C=O) groups excluding carboxylic acids is 5. The molecule has 13 nitrogen and oxygen atoms in total. The third kappa shape index (κ3) is 13.1. The van der Waals surface area contributed by atoms with Crippen LogP contribution in [-0.4, -0.2) is 89.9 Å². The van der Waals surface area contributed by atoms with E-state index in [0.717, 1.165) is 0 Å². The van der Waals surface area contributed by atoms with Crippen LogP contribution in [0.2, 0.25) is 0 Å². The number of hydrogen-bond acceptors (Lipinski definition) is 8. The SMILES string of the molecule is CSCC[C@H](N)C(=O)N[C@H](C(=O)NCC(=O)NCC(=O)N[C@H](C(=O)N[C@H](C(=O)O)C(C)C)C(C)C)C(C)C. The molecule has 0 aliphatic carbocycles. The molecular formula is C24H44N6O7S. The minimum Gasteiger partial charge on any atom is -0.480 e. The van der Waals surface area contributed by atoms with Crippen molar-refractivity contribution in [3.8, 4) is 0 Å². The topological polar surface area (TPSA) is 209 Å². The number of carbonyl (C=O) groups is 6. The van der Waals surface area contributed by atoms with Crippen LogP contribution in [0.4, 0.5) is 0 Å². The van der Waals surface area contributed by atoms with Gasteiger partial charge in [-0.25, -0.2) is 4.79 Å². The first-order valence-corrected chi connectivity index (χ1v) is 13.9. The number of hydrogen-bond donors (Lipinski definition) is 7. The van der Waals surface area contributed by atoms with Gasteiger partial charge in [-0.15, -0.1) is 0 Å². The first-order chi connectivity index (χ1) is 17.6. The van der Waals surface area contributed by atoms with Gasteiger partial charge in [0.25, 0.3) is 0 Å². The van der Waals surface area contributed by atoms with Crippen molar-refractivity contribution in [3.05, 3.63) is 0 Å². The molecule has 0 saturated carbocycles. The number of thioether (sulfide) groups is 1. The zero-order valence-corrected chi connectivity index (χ0v) is 24.1. The molecule has 38 heavy (non-hydrogen) atoms. The van der Waals surface area contributed by atoms with Crippen molar-refractivity contribution in [2.45, 2.75) is 72.1 Å². The van der Waals surface area contributed by atoms with Gasteiger partial charge in [0, 0.05) is 0 Å². The molecule has 0 radical (unpaired) electrons.